The SMILES string of the molecule is COc1ccc(CCC(=O)N2CCN(C(=O)CC(N)c3ccccc3)CC2)cc1.Cl. The van der Waals surface area contributed by atoms with Gasteiger partial charge in [-0.1, -0.05) is 42.5 Å². The summed E-state index contributed by atoms with van der Waals surface area (Å²) in [5.41, 5.74) is 8.25. The zero-order valence-corrected chi connectivity index (χ0v) is 18.1. The summed E-state index contributed by atoms with van der Waals surface area (Å²) in [6.07, 6.45) is 1.46. The molecule has 30 heavy (non-hydrogen) atoms. The third kappa shape index (κ3) is 6.47. The predicted octanol–water partition coefficient (Wildman–Crippen LogP) is 2.81. The summed E-state index contributed by atoms with van der Waals surface area (Å²) >= 11 is 0. The fourth-order valence-electron chi connectivity index (χ4n) is 3.54. The van der Waals surface area contributed by atoms with E-state index in [9.17, 15) is 9.59 Å². The second kappa shape index (κ2) is 11.6. The third-order valence-electron chi connectivity index (χ3n) is 5.39. The molecule has 0 spiro atoms. The Morgan fingerprint density at radius 2 is 1.50 bits per heavy atom. The van der Waals surface area contributed by atoms with Gasteiger partial charge in [-0.15, -0.1) is 12.4 Å². The number of nitrogens with zero attached hydrogens (tertiary/aromatic N) is 2. The lowest BCUT2D eigenvalue weighted by Crippen LogP contribution is -2.51. The van der Waals surface area contributed by atoms with Crippen LogP contribution in [0.25, 0.3) is 0 Å². The Bertz CT molecular complexity index is 806. The van der Waals surface area contributed by atoms with Gasteiger partial charge in [-0.05, 0) is 29.7 Å². The molecule has 3 rings (SSSR count). The third-order valence-corrected chi connectivity index (χ3v) is 5.39. The van der Waals surface area contributed by atoms with Gasteiger partial charge in [-0.25, -0.2) is 0 Å². The molecule has 0 aromatic heterocycles. The van der Waals surface area contributed by atoms with Gasteiger partial charge in [0.1, 0.15) is 5.75 Å². The Balaban J connectivity index is 0.00000320. The molecule has 1 fully saturated rings. The number of aryl methyl sites for hydroxylation is 1. The Labute approximate surface area is 184 Å². The predicted molar refractivity (Wildman–Crippen MR) is 120 cm³/mol. The molecule has 1 aliphatic rings. The molecule has 6 nitrogen and oxygen atoms in total. The van der Waals surface area contributed by atoms with Crippen molar-refractivity contribution < 1.29 is 14.3 Å². The summed E-state index contributed by atoms with van der Waals surface area (Å²) in [6, 6.07) is 17.2. The fraction of sp³-hybridized carbons (Fsp3) is 0.391. The first kappa shape index (κ1) is 23.7. The van der Waals surface area contributed by atoms with E-state index < -0.39 is 0 Å². The van der Waals surface area contributed by atoms with Gasteiger partial charge >= 0.3 is 0 Å². The number of halogens is 1. The van der Waals surface area contributed by atoms with Crippen molar-refractivity contribution in [3.05, 3.63) is 65.7 Å². The number of benzene rings is 2. The van der Waals surface area contributed by atoms with Crippen molar-refractivity contribution >= 4 is 24.2 Å². The molecule has 1 heterocycles. The minimum absolute atomic E-state index is 0. The number of carbonyl (C=O) groups excluding carboxylic acids is 2. The van der Waals surface area contributed by atoms with Gasteiger partial charge in [0.25, 0.3) is 0 Å². The monoisotopic (exact) mass is 431 g/mol. The van der Waals surface area contributed by atoms with Gasteiger partial charge in [0.2, 0.25) is 11.8 Å². The summed E-state index contributed by atoms with van der Waals surface area (Å²) in [5, 5.41) is 0. The average Bonchev–Trinajstić information content (AvgIpc) is 2.78. The van der Waals surface area contributed by atoms with Crippen LogP contribution in [0.1, 0.15) is 30.0 Å². The highest BCUT2D eigenvalue weighted by atomic mass is 35.5. The van der Waals surface area contributed by atoms with E-state index in [1.807, 2.05) is 64.4 Å². The Morgan fingerprint density at radius 1 is 0.933 bits per heavy atom. The second-order valence-corrected chi connectivity index (χ2v) is 7.33. The zero-order chi connectivity index (χ0) is 20.6. The van der Waals surface area contributed by atoms with Crippen LogP contribution in [-0.4, -0.2) is 54.9 Å². The van der Waals surface area contributed by atoms with Crippen molar-refractivity contribution in [1.82, 2.24) is 9.80 Å². The molecule has 1 atom stereocenters. The van der Waals surface area contributed by atoms with Gasteiger partial charge < -0.3 is 20.3 Å². The zero-order valence-electron chi connectivity index (χ0n) is 17.3. The van der Waals surface area contributed by atoms with Crippen molar-refractivity contribution in [2.75, 3.05) is 33.3 Å². The summed E-state index contributed by atoms with van der Waals surface area (Å²) < 4.78 is 5.15. The normalized spacial score (nSPS) is 14.6. The van der Waals surface area contributed by atoms with E-state index in [-0.39, 0.29) is 36.7 Å². The van der Waals surface area contributed by atoms with E-state index >= 15 is 0 Å². The molecule has 2 aromatic carbocycles. The molecule has 162 valence electrons. The average molecular weight is 432 g/mol. The molecule has 1 aliphatic heterocycles. The standard InChI is InChI=1S/C23H29N3O3.ClH/c1-29-20-10-7-18(8-11-20)9-12-22(27)25-13-15-26(16-14-25)23(28)17-21(24)19-5-3-2-4-6-19;/h2-8,10-11,21H,9,12-17,24H2,1H3;1H. The summed E-state index contributed by atoms with van der Waals surface area (Å²) in [5.74, 6) is 0.994. The first-order valence-electron chi connectivity index (χ1n) is 10.1. The molecular formula is C23H30ClN3O3. The minimum Gasteiger partial charge on any atom is -0.497 e. The lowest BCUT2D eigenvalue weighted by molar-refractivity contribution is -0.139. The summed E-state index contributed by atoms with van der Waals surface area (Å²) in [4.78, 5) is 28.7. The van der Waals surface area contributed by atoms with E-state index in [0.29, 0.717) is 39.0 Å². The van der Waals surface area contributed by atoms with Crippen LogP contribution in [0.15, 0.2) is 54.6 Å². The first-order valence-corrected chi connectivity index (χ1v) is 10.1. The number of piperazine rings is 1. The topological polar surface area (TPSA) is 75.9 Å². The summed E-state index contributed by atoms with van der Waals surface area (Å²) in [7, 11) is 1.64. The van der Waals surface area contributed by atoms with Gasteiger partial charge in [-0.3, -0.25) is 9.59 Å². The van der Waals surface area contributed by atoms with E-state index in [2.05, 4.69) is 0 Å². The number of hydrogen-bond donors (Lipinski definition) is 1. The van der Waals surface area contributed by atoms with Crippen LogP contribution in [-0.2, 0) is 16.0 Å². The van der Waals surface area contributed by atoms with Crippen LogP contribution in [0, 0.1) is 0 Å². The van der Waals surface area contributed by atoms with Crippen LogP contribution in [0.5, 0.6) is 5.75 Å². The van der Waals surface area contributed by atoms with E-state index in [0.717, 1.165) is 16.9 Å². The van der Waals surface area contributed by atoms with Gasteiger partial charge in [0.05, 0.1) is 7.11 Å². The van der Waals surface area contributed by atoms with Crippen molar-refractivity contribution in [3.8, 4) is 5.75 Å². The number of ether oxygens (including phenoxy) is 1. The molecule has 0 aliphatic carbocycles. The molecule has 2 aromatic rings. The number of nitrogens with two attached hydrogens (primary N) is 1. The molecule has 1 saturated heterocycles. The van der Waals surface area contributed by atoms with Crippen molar-refractivity contribution in [3.63, 3.8) is 0 Å². The lowest BCUT2D eigenvalue weighted by Gasteiger charge is -2.35. The lowest BCUT2D eigenvalue weighted by atomic mass is 10.0. The highest BCUT2D eigenvalue weighted by Gasteiger charge is 2.25. The van der Waals surface area contributed by atoms with Crippen molar-refractivity contribution in [2.45, 2.75) is 25.3 Å². The largest absolute Gasteiger partial charge is 0.497 e. The van der Waals surface area contributed by atoms with Crippen LogP contribution in [0.4, 0.5) is 0 Å². The van der Waals surface area contributed by atoms with E-state index in [1.165, 1.54) is 0 Å². The van der Waals surface area contributed by atoms with Crippen LogP contribution < -0.4 is 10.5 Å². The maximum atomic E-state index is 12.6. The van der Waals surface area contributed by atoms with Crippen LogP contribution in [0.2, 0.25) is 0 Å². The highest BCUT2D eigenvalue weighted by molar-refractivity contribution is 5.85. The van der Waals surface area contributed by atoms with Gasteiger partial charge in [0.15, 0.2) is 0 Å². The van der Waals surface area contributed by atoms with Crippen molar-refractivity contribution in [2.24, 2.45) is 5.73 Å². The summed E-state index contributed by atoms with van der Waals surface area (Å²) in [6.45, 7) is 2.28. The highest BCUT2D eigenvalue weighted by Crippen LogP contribution is 2.17. The number of hydrogen-bond acceptors (Lipinski definition) is 4. The molecule has 0 saturated carbocycles. The smallest absolute Gasteiger partial charge is 0.224 e. The van der Waals surface area contributed by atoms with E-state index in [1.54, 1.807) is 7.11 Å². The Morgan fingerprint density at radius 3 is 2.07 bits per heavy atom. The molecule has 2 N–H and O–H groups in total. The molecular weight excluding hydrogens is 402 g/mol. The molecule has 2 amide bonds. The Kier molecular flexibility index (Phi) is 9.15. The fourth-order valence-corrected chi connectivity index (χ4v) is 3.54. The maximum Gasteiger partial charge on any atom is 0.224 e. The first-order chi connectivity index (χ1) is 14.1. The maximum absolute atomic E-state index is 12.6. The van der Waals surface area contributed by atoms with Crippen molar-refractivity contribution in [1.29, 1.82) is 0 Å². The number of carbonyl (C=O) groups is 2. The molecule has 0 radical (unpaired) electrons. The number of amides is 2. The van der Waals surface area contributed by atoms with Gasteiger partial charge in [-0.2, -0.15) is 0 Å². The quantitative estimate of drug-likeness (QED) is 0.731. The minimum atomic E-state index is -0.298. The molecule has 0 bridgehead atoms. The van der Waals surface area contributed by atoms with Crippen LogP contribution >= 0.6 is 12.4 Å². The Hall–Kier alpha value is -2.57. The van der Waals surface area contributed by atoms with Gasteiger partial charge in [0, 0.05) is 45.1 Å². The number of rotatable bonds is 7. The molecule has 1 unspecified atom stereocenters. The van der Waals surface area contributed by atoms with Crippen LogP contribution in [0.3, 0.4) is 0 Å². The molecule has 7 heteroatoms. The van der Waals surface area contributed by atoms with E-state index in [4.69, 9.17) is 10.5 Å². The second-order valence-electron chi connectivity index (χ2n) is 7.33. The number of methoxy groups -OCH3 is 1.